The van der Waals surface area contributed by atoms with Crippen LogP contribution >= 0.6 is 11.3 Å². The van der Waals surface area contributed by atoms with E-state index in [1.165, 1.54) is 22.8 Å². The molecule has 1 N–H and O–H groups in total. The number of thiophene rings is 1. The average Bonchev–Trinajstić information content (AvgIpc) is 3.15. The Morgan fingerprint density at radius 1 is 1.15 bits per heavy atom. The van der Waals surface area contributed by atoms with Gasteiger partial charge < -0.3 is 10.1 Å². The van der Waals surface area contributed by atoms with Crippen LogP contribution in [0.1, 0.15) is 39.7 Å². The summed E-state index contributed by atoms with van der Waals surface area (Å²) in [5.41, 5.74) is 2.49. The van der Waals surface area contributed by atoms with Crippen LogP contribution in [0.15, 0.2) is 29.2 Å². The molecule has 1 aliphatic heterocycles. The van der Waals surface area contributed by atoms with Gasteiger partial charge in [0.1, 0.15) is 5.00 Å². The van der Waals surface area contributed by atoms with Gasteiger partial charge in [-0.3, -0.25) is 9.69 Å². The zero-order chi connectivity index (χ0) is 24.5. The van der Waals surface area contributed by atoms with Gasteiger partial charge in [0.25, 0.3) is 0 Å². The first kappa shape index (κ1) is 24.8. The van der Waals surface area contributed by atoms with Crippen molar-refractivity contribution in [2.24, 2.45) is 5.92 Å². The van der Waals surface area contributed by atoms with Gasteiger partial charge in [-0.15, -0.1) is 11.3 Å². The second kappa shape index (κ2) is 10.2. The Balaban J connectivity index is 1.38. The predicted molar refractivity (Wildman–Crippen MR) is 132 cm³/mol. The number of methoxy groups -OCH3 is 1. The molecule has 0 saturated carbocycles. The number of carbonyl (C=O) groups excluding carboxylic acids is 2. The molecule has 0 radical (unpaired) electrons. The van der Waals surface area contributed by atoms with Gasteiger partial charge in [-0.1, -0.05) is 24.6 Å². The number of carbonyl (C=O) groups is 2. The summed E-state index contributed by atoms with van der Waals surface area (Å²) >= 11 is 1.46. The first-order valence-electron chi connectivity index (χ1n) is 11.5. The molecule has 2 heterocycles. The van der Waals surface area contributed by atoms with E-state index < -0.39 is 16.0 Å². The van der Waals surface area contributed by atoms with Crippen molar-refractivity contribution in [3.05, 3.63) is 45.8 Å². The molecule has 2 aromatic rings. The minimum absolute atomic E-state index is 0.137. The van der Waals surface area contributed by atoms with Gasteiger partial charge in [-0.05, 0) is 49.8 Å². The number of aryl methyl sites for hydroxylation is 1. The lowest BCUT2D eigenvalue weighted by molar-refractivity contribution is -0.117. The molecule has 184 valence electrons. The van der Waals surface area contributed by atoms with Crippen LogP contribution in [0.2, 0.25) is 0 Å². The van der Waals surface area contributed by atoms with Crippen molar-refractivity contribution in [2.45, 2.75) is 38.0 Å². The van der Waals surface area contributed by atoms with Gasteiger partial charge in [-0.25, -0.2) is 13.2 Å². The van der Waals surface area contributed by atoms with E-state index in [4.69, 9.17) is 4.74 Å². The van der Waals surface area contributed by atoms with Crippen molar-refractivity contribution in [1.82, 2.24) is 9.21 Å². The molecule has 0 bridgehead atoms. The molecule has 10 heteroatoms. The Labute approximate surface area is 204 Å². The van der Waals surface area contributed by atoms with Gasteiger partial charge in [0, 0.05) is 31.1 Å². The lowest BCUT2D eigenvalue weighted by Crippen LogP contribution is -2.50. The number of hydrogen-bond acceptors (Lipinski definition) is 7. The second-order valence-electron chi connectivity index (χ2n) is 9.09. The third kappa shape index (κ3) is 5.19. The molecule has 1 fully saturated rings. The number of fused-ring (bicyclic) bond motifs is 1. The average molecular weight is 506 g/mol. The highest BCUT2D eigenvalue weighted by atomic mass is 32.2. The summed E-state index contributed by atoms with van der Waals surface area (Å²) < 4.78 is 32.3. The van der Waals surface area contributed by atoms with E-state index in [-0.39, 0.29) is 17.3 Å². The standard InChI is InChI=1S/C24H31N3O5S2/c1-16-4-7-18(8-5-16)34(30,31)27-12-10-26(11-13-27)15-21(28)25-23-22(24(29)32-3)19-9-6-17(2)14-20(19)33-23/h4-5,7-8,17H,6,9-15H2,1-3H3,(H,25,28). The van der Waals surface area contributed by atoms with Crippen molar-refractivity contribution in [3.8, 4) is 0 Å². The Hall–Kier alpha value is -2.27. The maximum atomic E-state index is 12.9. The van der Waals surface area contributed by atoms with Crippen molar-refractivity contribution < 1.29 is 22.7 Å². The number of sulfonamides is 1. The molecule has 1 aromatic carbocycles. The lowest BCUT2D eigenvalue weighted by Gasteiger charge is -2.33. The van der Waals surface area contributed by atoms with Crippen LogP contribution in [0.4, 0.5) is 5.00 Å². The Kier molecular flexibility index (Phi) is 7.42. The number of nitrogens with zero attached hydrogens (tertiary/aromatic N) is 2. The van der Waals surface area contributed by atoms with Crippen LogP contribution in [-0.2, 0) is 32.4 Å². The number of piperazine rings is 1. The maximum Gasteiger partial charge on any atom is 0.341 e. The summed E-state index contributed by atoms with van der Waals surface area (Å²) in [5, 5.41) is 3.48. The van der Waals surface area contributed by atoms with E-state index in [9.17, 15) is 18.0 Å². The number of anilines is 1. The molecule has 1 aromatic heterocycles. The molecule has 1 unspecified atom stereocenters. The first-order valence-corrected chi connectivity index (χ1v) is 13.8. The summed E-state index contributed by atoms with van der Waals surface area (Å²) in [6.07, 6.45) is 2.72. The maximum absolute atomic E-state index is 12.9. The highest BCUT2D eigenvalue weighted by Crippen LogP contribution is 2.40. The molecule has 34 heavy (non-hydrogen) atoms. The monoisotopic (exact) mass is 505 g/mol. The summed E-state index contributed by atoms with van der Waals surface area (Å²) in [6, 6.07) is 6.84. The molecule has 4 rings (SSSR count). The first-order chi connectivity index (χ1) is 16.2. The van der Waals surface area contributed by atoms with Crippen LogP contribution in [-0.4, -0.2) is 69.3 Å². The number of amides is 1. The fourth-order valence-electron chi connectivity index (χ4n) is 4.51. The van der Waals surface area contributed by atoms with E-state index in [2.05, 4.69) is 12.2 Å². The third-order valence-corrected chi connectivity index (χ3v) is 9.59. The van der Waals surface area contributed by atoms with Gasteiger partial charge in [0.05, 0.1) is 24.1 Å². The van der Waals surface area contributed by atoms with Crippen LogP contribution in [0.5, 0.6) is 0 Å². The number of esters is 1. The summed E-state index contributed by atoms with van der Waals surface area (Å²) in [7, 11) is -2.19. The van der Waals surface area contributed by atoms with E-state index >= 15 is 0 Å². The van der Waals surface area contributed by atoms with Crippen LogP contribution < -0.4 is 5.32 Å². The Bertz CT molecular complexity index is 1170. The fourth-order valence-corrected chi connectivity index (χ4v) is 7.35. The Morgan fingerprint density at radius 2 is 1.82 bits per heavy atom. The minimum atomic E-state index is -3.55. The molecular formula is C24H31N3O5S2. The largest absolute Gasteiger partial charge is 0.465 e. The van der Waals surface area contributed by atoms with Crippen LogP contribution in [0, 0.1) is 12.8 Å². The zero-order valence-electron chi connectivity index (χ0n) is 19.8. The molecule has 2 aliphatic rings. The zero-order valence-corrected chi connectivity index (χ0v) is 21.4. The second-order valence-corrected chi connectivity index (χ2v) is 12.1. The van der Waals surface area contributed by atoms with Crippen LogP contribution in [0.3, 0.4) is 0 Å². The highest BCUT2D eigenvalue weighted by molar-refractivity contribution is 7.89. The normalized spacial score (nSPS) is 19.4. The smallest absolute Gasteiger partial charge is 0.341 e. The molecular weight excluding hydrogens is 474 g/mol. The van der Waals surface area contributed by atoms with E-state index in [0.717, 1.165) is 35.3 Å². The van der Waals surface area contributed by atoms with Gasteiger partial charge in [-0.2, -0.15) is 4.31 Å². The van der Waals surface area contributed by atoms with Crippen molar-refractivity contribution in [2.75, 3.05) is 45.2 Å². The molecule has 8 nitrogen and oxygen atoms in total. The van der Waals surface area contributed by atoms with Gasteiger partial charge >= 0.3 is 5.97 Å². The van der Waals surface area contributed by atoms with Crippen molar-refractivity contribution >= 4 is 38.2 Å². The lowest BCUT2D eigenvalue weighted by atomic mass is 9.88. The molecule has 0 spiro atoms. The number of ether oxygens (including phenoxy) is 1. The van der Waals surface area contributed by atoms with Gasteiger partial charge in [0.2, 0.25) is 15.9 Å². The third-order valence-electron chi connectivity index (χ3n) is 6.51. The fraction of sp³-hybridized carbons (Fsp3) is 0.500. The van der Waals surface area contributed by atoms with E-state index in [0.29, 0.717) is 42.7 Å². The number of rotatable bonds is 6. The highest BCUT2D eigenvalue weighted by Gasteiger charge is 2.31. The molecule has 1 amide bonds. The summed E-state index contributed by atoms with van der Waals surface area (Å²) in [4.78, 5) is 28.6. The quantitative estimate of drug-likeness (QED) is 0.607. The van der Waals surface area contributed by atoms with E-state index in [1.807, 2.05) is 11.8 Å². The molecule has 1 aliphatic carbocycles. The van der Waals surface area contributed by atoms with E-state index in [1.54, 1.807) is 24.3 Å². The minimum Gasteiger partial charge on any atom is -0.465 e. The SMILES string of the molecule is COC(=O)c1c(NC(=O)CN2CCN(S(=O)(=O)c3ccc(C)cc3)CC2)sc2c1CCC(C)C2. The van der Waals surface area contributed by atoms with Crippen LogP contribution in [0.25, 0.3) is 0 Å². The number of benzene rings is 1. The van der Waals surface area contributed by atoms with Crippen molar-refractivity contribution in [1.29, 1.82) is 0 Å². The number of nitrogens with one attached hydrogen (secondary N) is 1. The Morgan fingerprint density at radius 3 is 2.47 bits per heavy atom. The predicted octanol–water partition coefficient (Wildman–Crippen LogP) is 2.91. The topological polar surface area (TPSA) is 96.0 Å². The molecule has 1 atom stereocenters. The number of hydrogen-bond donors (Lipinski definition) is 1. The summed E-state index contributed by atoms with van der Waals surface area (Å²) in [5.74, 6) is -0.0865. The molecule has 1 saturated heterocycles. The summed E-state index contributed by atoms with van der Waals surface area (Å²) in [6.45, 7) is 5.81. The van der Waals surface area contributed by atoms with Crippen molar-refractivity contribution in [3.63, 3.8) is 0 Å². The van der Waals surface area contributed by atoms with Gasteiger partial charge in [0.15, 0.2) is 0 Å².